The molecule has 1 aliphatic rings. The van der Waals surface area contributed by atoms with Crippen molar-refractivity contribution < 1.29 is 0 Å². The third-order valence-corrected chi connectivity index (χ3v) is 4.00. The van der Waals surface area contributed by atoms with Gasteiger partial charge in [-0.15, -0.1) is 11.3 Å². The molecular weight excluding hydrogens is 220 g/mol. The maximum absolute atomic E-state index is 5.62. The highest BCUT2D eigenvalue weighted by molar-refractivity contribution is 7.15. The van der Waals surface area contributed by atoms with Crippen LogP contribution in [0.2, 0.25) is 0 Å². The molecule has 0 spiro atoms. The number of hydrogen-bond acceptors (Lipinski definition) is 5. The molecule has 16 heavy (non-hydrogen) atoms. The Morgan fingerprint density at radius 3 is 3.06 bits per heavy atom. The molecule has 0 radical (unpaired) electrons. The van der Waals surface area contributed by atoms with Gasteiger partial charge in [-0.1, -0.05) is 0 Å². The second kappa shape index (κ2) is 5.12. The van der Waals surface area contributed by atoms with Crippen molar-refractivity contribution in [1.29, 1.82) is 0 Å². The summed E-state index contributed by atoms with van der Waals surface area (Å²) in [6.45, 7) is 3.33. The highest BCUT2D eigenvalue weighted by atomic mass is 32.1. The summed E-state index contributed by atoms with van der Waals surface area (Å²) >= 11 is 1.59. The standard InChI is InChI=1S/C11H20N4S/c1-14(7-9-4-3-5-15(9)2)8-10-6-13-11(12)16-10/h6,9H,3-5,7-8H2,1-2H3,(H2,12,13). The summed E-state index contributed by atoms with van der Waals surface area (Å²) in [6.07, 6.45) is 4.54. The van der Waals surface area contributed by atoms with Crippen molar-refractivity contribution in [3.8, 4) is 0 Å². The molecule has 5 heteroatoms. The van der Waals surface area contributed by atoms with E-state index in [2.05, 4.69) is 28.9 Å². The molecule has 0 aliphatic carbocycles. The van der Waals surface area contributed by atoms with E-state index in [1.165, 1.54) is 24.3 Å². The Morgan fingerprint density at radius 2 is 2.50 bits per heavy atom. The zero-order valence-corrected chi connectivity index (χ0v) is 10.8. The second-order valence-electron chi connectivity index (χ2n) is 4.64. The van der Waals surface area contributed by atoms with Crippen LogP contribution in [0.4, 0.5) is 5.13 Å². The van der Waals surface area contributed by atoms with Gasteiger partial charge in [-0.3, -0.25) is 4.90 Å². The minimum Gasteiger partial charge on any atom is -0.375 e. The Morgan fingerprint density at radius 1 is 1.69 bits per heavy atom. The van der Waals surface area contributed by atoms with Crippen molar-refractivity contribution in [2.45, 2.75) is 25.4 Å². The molecular formula is C11H20N4S. The number of likely N-dealkylation sites (tertiary alicyclic amines) is 1. The lowest BCUT2D eigenvalue weighted by Crippen LogP contribution is -2.36. The van der Waals surface area contributed by atoms with Crippen molar-refractivity contribution in [2.24, 2.45) is 0 Å². The highest BCUT2D eigenvalue weighted by Gasteiger charge is 2.22. The molecule has 0 saturated carbocycles. The van der Waals surface area contributed by atoms with Gasteiger partial charge in [-0.2, -0.15) is 0 Å². The van der Waals surface area contributed by atoms with E-state index in [1.807, 2.05) is 6.20 Å². The fraction of sp³-hybridized carbons (Fsp3) is 0.727. The smallest absolute Gasteiger partial charge is 0.180 e. The number of nitrogens with two attached hydrogens (primary N) is 1. The number of likely N-dealkylation sites (N-methyl/N-ethyl adjacent to an activating group) is 2. The molecule has 1 fully saturated rings. The first kappa shape index (κ1) is 11.8. The van der Waals surface area contributed by atoms with Gasteiger partial charge in [0.05, 0.1) is 0 Å². The average Bonchev–Trinajstić information content (AvgIpc) is 2.77. The van der Waals surface area contributed by atoms with Gasteiger partial charge in [-0.05, 0) is 33.5 Å². The van der Waals surface area contributed by atoms with E-state index in [-0.39, 0.29) is 0 Å². The van der Waals surface area contributed by atoms with Crippen LogP contribution in [0.15, 0.2) is 6.20 Å². The quantitative estimate of drug-likeness (QED) is 0.860. The van der Waals surface area contributed by atoms with Crippen LogP contribution in [0.5, 0.6) is 0 Å². The highest BCUT2D eigenvalue weighted by Crippen LogP contribution is 2.19. The van der Waals surface area contributed by atoms with Crippen molar-refractivity contribution in [3.63, 3.8) is 0 Å². The van der Waals surface area contributed by atoms with Gasteiger partial charge in [-0.25, -0.2) is 4.98 Å². The van der Waals surface area contributed by atoms with E-state index in [1.54, 1.807) is 11.3 Å². The summed E-state index contributed by atoms with van der Waals surface area (Å²) in [4.78, 5) is 10.1. The molecule has 4 nitrogen and oxygen atoms in total. The molecule has 1 atom stereocenters. The second-order valence-corrected chi connectivity index (χ2v) is 5.78. The Labute approximate surface area is 101 Å². The Bertz CT molecular complexity index is 338. The Kier molecular flexibility index (Phi) is 3.78. The van der Waals surface area contributed by atoms with Crippen molar-refractivity contribution in [1.82, 2.24) is 14.8 Å². The summed E-state index contributed by atoms with van der Waals surface area (Å²) < 4.78 is 0. The molecule has 90 valence electrons. The summed E-state index contributed by atoms with van der Waals surface area (Å²) in [5, 5.41) is 0.668. The molecule has 1 aliphatic heterocycles. The molecule has 1 aromatic rings. The molecule has 1 aromatic heterocycles. The number of hydrogen-bond donors (Lipinski definition) is 1. The van der Waals surface area contributed by atoms with Crippen LogP contribution in [-0.2, 0) is 6.54 Å². The van der Waals surface area contributed by atoms with E-state index >= 15 is 0 Å². The predicted molar refractivity (Wildman–Crippen MR) is 68.5 cm³/mol. The molecule has 0 aromatic carbocycles. The van der Waals surface area contributed by atoms with Crippen LogP contribution in [0.1, 0.15) is 17.7 Å². The monoisotopic (exact) mass is 240 g/mol. The number of anilines is 1. The van der Waals surface area contributed by atoms with Crippen LogP contribution in [-0.4, -0.2) is 48.0 Å². The molecule has 2 rings (SSSR count). The first-order valence-electron chi connectivity index (χ1n) is 5.74. The lowest BCUT2D eigenvalue weighted by Gasteiger charge is -2.25. The zero-order chi connectivity index (χ0) is 11.5. The minimum atomic E-state index is 0.668. The van der Waals surface area contributed by atoms with Gasteiger partial charge in [0.1, 0.15) is 0 Å². The Balaban J connectivity index is 1.82. The number of rotatable bonds is 4. The number of nitrogens with zero attached hydrogens (tertiary/aromatic N) is 3. The summed E-state index contributed by atoms with van der Waals surface area (Å²) in [6, 6.07) is 0.718. The van der Waals surface area contributed by atoms with Gasteiger partial charge in [0.15, 0.2) is 5.13 Å². The Hall–Kier alpha value is -0.650. The van der Waals surface area contributed by atoms with E-state index in [0.29, 0.717) is 5.13 Å². The topological polar surface area (TPSA) is 45.4 Å². The van der Waals surface area contributed by atoms with Crippen LogP contribution >= 0.6 is 11.3 Å². The van der Waals surface area contributed by atoms with Crippen LogP contribution in [0.3, 0.4) is 0 Å². The summed E-state index contributed by atoms with van der Waals surface area (Å²) in [7, 11) is 4.39. The van der Waals surface area contributed by atoms with Gasteiger partial charge in [0.2, 0.25) is 0 Å². The summed E-state index contributed by atoms with van der Waals surface area (Å²) in [5.74, 6) is 0. The normalized spacial score (nSPS) is 22.1. The molecule has 2 heterocycles. The fourth-order valence-corrected chi connectivity index (χ4v) is 3.06. The largest absolute Gasteiger partial charge is 0.375 e. The van der Waals surface area contributed by atoms with Gasteiger partial charge >= 0.3 is 0 Å². The minimum absolute atomic E-state index is 0.668. The van der Waals surface area contributed by atoms with Crippen molar-refractivity contribution in [3.05, 3.63) is 11.1 Å². The van der Waals surface area contributed by atoms with Crippen LogP contribution in [0, 0.1) is 0 Å². The lowest BCUT2D eigenvalue weighted by molar-refractivity contribution is 0.216. The molecule has 0 bridgehead atoms. The first-order chi connectivity index (χ1) is 7.65. The first-order valence-corrected chi connectivity index (χ1v) is 6.56. The van der Waals surface area contributed by atoms with E-state index in [9.17, 15) is 0 Å². The molecule has 1 saturated heterocycles. The van der Waals surface area contributed by atoms with Crippen molar-refractivity contribution >= 4 is 16.5 Å². The number of thiazole rings is 1. The van der Waals surface area contributed by atoms with Gasteiger partial charge < -0.3 is 10.6 Å². The van der Waals surface area contributed by atoms with Crippen LogP contribution in [0.25, 0.3) is 0 Å². The zero-order valence-electron chi connectivity index (χ0n) is 10.0. The van der Waals surface area contributed by atoms with Crippen LogP contribution < -0.4 is 5.73 Å². The SMILES string of the molecule is CN(Cc1cnc(N)s1)CC1CCCN1C. The van der Waals surface area contributed by atoms with E-state index < -0.39 is 0 Å². The van der Waals surface area contributed by atoms with Crippen molar-refractivity contribution in [2.75, 3.05) is 32.9 Å². The number of aromatic nitrogens is 1. The van der Waals surface area contributed by atoms with Gasteiger partial charge in [0.25, 0.3) is 0 Å². The molecule has 2 N–H and O–H groups in total. The van der Waals surface area contributed by atoms with E-state index in [4.69, 9.17) is 5.73 Å². The lowest BCUT2D eigenvalue weighted by atomic mass is 10.2. The van der Waals surface area contributed by atoms with E-state index in [0.717, 1.165) is 19.1 Å². The predicted octanol–water partition coefficient (Wildman–Crippen LogP) is 1.25. The average molecular weight is 240 g/mol. The maximum Gasteiger partial charge on any atom is 0.180 e. The van der Waals surface area contributed by atoms with Gasteiger partial charge in [0, 0.05) is 30.2 Å². The third kappa shape index (κ3) is 2.93. The molecule has 1 unspecified atom stereocenters. The molecule has 0 amide bonds. The fourth-order valence-electron chi connectivity index (χ4n) is 2.30. The summed E-state index contributed by atoms with van der Waals surface area (Å²) in [5.41, 5.74) is 5.62. The number of nitrogen functional groups attached to an aromatic ring is 1. The third-order valence-electron chi connectivity index (χ3n) is 3.19. The maximum atomic E-state index is 5.62.